The molecule has 4 nitrogen and oxygen atoms in total. The molecule has 0 bridgehead atoms. The highest BCUT2D eigenvalue weighted by Crippen LogP contribution is 2.17. The molecule has 1 fully saturated rings. The molecule has 0 aliphatic heterocycles. The van der Waals surface area contributed by atoms with E-state index in [0.717, 1.165) is 13.1 Å². The van der Waals surface area contributed by atoms with E-state index in [2.05, 4.69) is 10.6 Å². The zero-order valence-electron chi connectivity index (χ0n) is 10.0. The van der Waals surface area contributed by atoms with E-state index in [-0.39, 0.29) is 5.91 Å². The molecule has 0 radical (unpaired) electrons. The van der Waals surface area contributed by atoms with Crippen molar-refractivity contribution in [1.82, 2.24) is 15.2 Å². The Morgan fingerprint density at radius 3 is 2.94 bits per heavy atom. The first-order chi connectivity index (χ1) is 8.20. The van der Waals surface area contributed by atoms with Gasteiger partial charge in [-0.2, -0.15) is 0 Å². The van der Waals surface area contributed by atoms with Gasteiger partial charge in [-0.25, -0.2) is 0 Å². The van der Waals surface area contributed by atoms with E-state index in [1.54, 1.807) is 12.3 Å². The lowest BCUT2D eigenvalue weighted by molar-refractivity contribution is 0.0944. The number of carbonyl (C=O) groups is 1. The first-order valence-electron chi connectivity index (χ1n) is 6.08. The highest BCUT2D eigenvalue weighted by atomic mass is 35.5. The topological polar surface area (TPSA) is 46.1 Å². The average molecular weight is 256 g/mol. The molecule has 0 aromatic carbocycles. The highest BCUT2D eigenvalue weighted by molar-refractivity contribution is 6.31. The summed E-state index contributed by atoms with van der Waals surface area (Å²) in [5.74, 6) is -0.0589. The third-order valence-corrected chi connectivity index (χ3v) is 3.06. The summed E-state index contributed by atoms with van der Waals surface area (Å²) in [4.78, 5) is 11.9. The minimum absolute atomic E-state index is 0.0589. The molecule has 94 valence electrons. The molecule has 1 heterocycles. The zero-order valence-corrected chi connectivity index (χ0v) is 10.8. The Morgan fingerprint density at radius 1 is 1.53 bits per heavy atom. The molecule has 1 aliphatic rings. The number of hydrogen-bond acceptors (Lipinski definition) is 2. The number of hydrogen-bond donors (Lipinski definition) is 2. The van der Waals surface area contributed by atoms with E-state index in [4.69, 9.17) is 11.6 Å². The van der Waals surface area contributed by atoms with Crippen molar-refractivity contribution in [3.8, 4) is 0 Å². The minimum atomic E-state index is -0.0589. The summed E-state index contributed by atoms with van der Waals surface area (Å²) >= 11 is 5.89. The van der Waals surface area contributed by atoms with E-state index < -0.39 is 0 Å². The van der Waals surface area contributed by atoms with Crippen LogP contribution in [0.15, 0.2) is 12.3 Å². The number of amides is 1. The van der Waals surface area contributed by atoms with Crippen molar-refractivity contribution in [3.63, 3.8) is 0 Å². The molecule has 0 unspecified atom stereocenters. The molecule has 1 saturated carbocycles. The van der Waals surface area contributed by atoms with Gasteiger partial charge in [0.1, 0.15) is 5.69 Å². The molecule has 1 aliphatic carbocycles. The van der Waals surface area contributed by atoms with Gasteiger partial charge in [0.2, 0.25) is 0 Å². The Bertz CT molecular complexity index is 398. The molecular formula is C12H18ClN3O. The molecule has 0 atom stereocenters. The van der Waals surface area contributed by atoms with E-state index in [0.29, 0.717) is 23.3 Å². The summed E-state index contributed by atoms with van der Waals surface area (Å²) in [6.07, 6.45) is 4.31. The third kappa shape index (κ3) is 3.48. The van der Waals surface area contributed by atoms with Crippen LogP contribution in [0.1, 0.15) is 30.3 Å². The van der Waals surface area contributed by atoms with Crippen molar-refractivity contribution >= 4 is 17.5 Å². The minimum Gasteiger partial charge on any atom is -0.349 e. The molecule has 1 amide bonds. The van der Waals surface area contributed by atoms with Gasteiger partial charge in [0.15, 0.2) is 0 Å². The SMILES string of the molecule is CCn1cc(Cl)cc1C(=O)NCCNC1CC1. The second-order valence-electron chi connectivity index (χ2n) is 4.31. The van der Waals surface area contributed by atoms with Crippen LogP contribution in [0.5, 0.6) is 0 Å². The Balaban J connectivity index is 1.80. The smallest absolute Gasteiger partial charge is 0.268 e. The number of halogens is 1. The molecule has 2 N–H and O–H groups in total. The highest BCUT2D eigenvalue weighted by Gasteiger charge is 2.19. The van der Waals surface area contributed by atoms with Crippen LogP contribution in [0.4, 0.5) is 0 Å². The van der Waals surface area contributed by atoms with Gasteiger partial charge < -0.3 is 15.2 Å². The summed E-state index contributed by atoms with van der Waals surface area (Å²) in [6, 6.07) is 2.38. The number of nitrogens with one attached hydrogen (secondary N) is 2. The summed E-state index contributed by atoms with van der Waals surface area (Å²) in [6.45, 7) is 4.22. The lowest BCUT2D eigenvalue weighted by atomic mass is 10.4. The lowest BCUT2D eigenvalue weighted by Crippen LogP contribution is -2.33. The van der Waals surface area contributed by atoms with Crippen molar-refractivity contribution < 1.29 is 4.79 Å². The van der Waals surface area contributed by atoms with E-state index in [1.807, 2.05) is 11.5 Å². The van der Waals surface area contributed by atoms with Crippen LogP contribution in [0.2, 0.25) is 5.02 Å². The van der Waals surface area contributed by atoms with Crippen LogP contribution < -0.4 is 10.6 Å². The number of carbonyl (C=O) groups excluding carboxylic acids is 1. The van der Waals surface area contributed by atoms with Gasteiger partial charge in [-0.15, -0.1) is 0 Å². The van der Waals surface area contributed by atoms with Crippen LogP contribution in [0.3, 0.4) is 0 Å². The van der Waals surface area contributed by atoms with Crippen molar-refractivity contribution in [3.05, 3.63) is 23.0 Å². The van der Waals surface area contributed by atoms with E-state index in [9.17, 15) is 4.79 Å². The monoisotopic (exact) mass is 255 g/mol. The molecule has 5 heteroatoms. The van der Waals surface area contributed by atoms with Gasteiger partial charge in [-0.3, -0.25) is 4.79 Å². The van der Waals surface area contributed by atoms with Crippen molar-refractivity contribution in [2.45, 2.75) is 32.4 Å². The molecule has 1 aromatic heterocycles. The first-order valence-corrected chi connectivity index (χ1v) is 6.45. The average Bonchev–Trinajstić information content (AvgIpc) is 3.06. The predicted molar refractivity (Wildman–Crippen MR) is 68.5 cm³/mol. The van der Waals surface area contributed by atoms with Crippen molar-refractivity contribution in [1.29, 1.82) is 0 Å². The van der Waals surface area contributed by atoms with Crippen LogP contribution >= 0.6 is 11.6 Å². The number of aryl methyl sites for hydroxylation is 1. The van der Waals surface area contributed by atoms with Gasteiger partial charge in [0.05, 0.1) is 5.02 Å². The van der Waals surface area contributed by atoms with Gasteiger partial charge in [0.25, 0.3) is 5.91 Å². The Kier molecular flexibility index (Phi) is 4.07. The number of aromatic nitrogens is 1. The van der Waals surface area contributed by atoms with Gasteiger partial charge in [-0.1, -0.05) is 11.6 Å². The van der Waals surface area contributed by atoms with Crippen molar-refractivity contribution in [2.75, 3.05) is 13.1 Å². The first kappa shape index (κ1) is 12.5. The second kappa shape index (κ2) is 5.56. The summed E-state index contributed by atoms with van der Waals surface area (Å²) in [7, 11) is 0. The zero-order chi connectivity index (χ0) is 12.3. The predicted octanol–water partition coefficient (Wildman–Crippen LogP) is 1.64. The van der Waals surface area contributed by atoms with E-state index >= 15 is 0 Å². The van der Waals surface area contributed by atoms with Crippen LogP contribution in [0.25, 0.3) is 0 Å². The third-order valence-electron chi connectivity index (χ3n) is 2.86. The largest absolute Gasteiger partial charge is 0.349 e. The van der Waals surface area contributed by atoms with Crippen LogP contribution in [-0.2, 0) is 6.54 Å². The normalized spacial score (nSPS) is 14.9. The van der Waals surface area contributed by atoms with Crippen LogP contribution in [0, 0.1) is 0 Å². The fourth-order valence-corrected chi connectivity index (χ4v) is 1.98. The standard InChI is InChI=1S/C12H18ClN3O/c1-2-16-8-9(13)7-11(16)12(17)15-6-5-14-10-3-4-10/h7-8,10,14H,2-6H2,1H3,(H,15,17). The second-order valence-corrected chi connectivity index (χ2v) is 4.75. The Labute approximate surface area is 106 Å². The molecule has 0 spiro atoms. The Morgan fingerprint density at radius 2 is 2.29 bits per heavy atom. The van der Waals surface area contributed by atoms with Gasteiger partial charge in [-0.05, 0) is 25.8 Å². The summed E-state index contributed by atoms with van der Waals surface area (Å²) in [5, 5.41) is 6.84. The lowest BCUT2D eigenvalue weighted by Gasteiger charge is -2.08. The van der Waals surface area contributed by atoms with E-state index in [1.165, 1.54) is 12.8 Å². The fourth-order valence-electron chi connectivity index (χ4n) is 1.76. The van der Waals surface area contributed by atoms with Crippen molar-refractivity contribution in [2.24, 2.45) is 0 Å². The molecular weight excluding hydrogens is 238 g/mol. The maximum absolute atomic E-state index is 11.9. The number of rotatable bonds is 6. The van der Waals surface area contributed by atoms with Crippen LogP contribution in [-0.4, -0.2) is 29.6 Å². The molecule has 2 rings (SSSR count). The maximum Gasteiger partial charge on any atom is 0.268 e. The maximum atomic E-state index is 11.9. The fraction of sp³-hybridized carbons (Fsp3) is 0.583. The summed E-state index contributed by atoms with van der Waals surface area (Å²) < 4.78 is 1.85. The van der Waals surface area contributed by atoms with Gasteiger partial charge >= 0.3 is 0 Å². The molecule has 0 saturated heterocycles. The quantitative estimate of drug-likeness (QED) is 0.760. The molecule has 17 heavy (non-hydrogen) atoms. The number of nitrogens with zero attached hydrogens (tertiary/aromatic N) is 1. The summed E-state index contributed by atoms with van der Waals surface area (Å²) in [5.41, 5.74) is 0.629. The van der Waals surface area contributed by atoms with Gasteiger partial charge in [0, 0.05) is 31.9 Å². The molecule has 1 aromatic rings. The Hall–Kier alpha value is -1.00.